The third-order valence-electron chi connectivity index (χ3n) is 3.18. The van der Waals surface area contributed by atoms with Crippen molar-refractivity contribution in [3.8, 4) is 11.5 Å². The lowest BCUT2D eigenvalue weighted by Crippen LogP contribution is -2.14. The third-order valence-corrected chi connectivity index (χ3v) is 3.18. The van der Waals surface area contributed by atoms with Crippen LogP contribution in [-0.2, 0) is 0 Å². The smallest absolute Gasteiger partial charge is 0.161 e. The summed E-state index contributed by atoms with van der Waals surface area (Å²) in [6.45, 7) is 6.60. The van der Waals surface area contributed by atoms with Crippen molar-refractivity contribution in [2.75, 3.05) is 13.7 Å². The molecule has 1 aromatic carbocycles. The number of H-pyrrole nitrogens is 1. The van der Waals surface area contributed by atoms with Gasteiger partial charge in [0.05, 0.1) is 19.8 Å². The number of nitrogens with two attached hydrogens (primary N) is 1. The van der Waals surface area contributed by atoms with Crippen LogP contribution < -0.4 is 15.2 Å². The molecule has 0 fully saturated rings. The van der Waals surface area contributed by atoms with E-state index < -0.39 is 0 Å². The highest BCUT2D eigenvalue weighted by atomic mass is 16.5. The number of hydrogen-bond donors (Lipinski definition) is 2. The Morgan fingerprint density at radius 2 is 2.05 bits per heavy atom. The van der Waals surface area contributed by atoms with E-state index in [1.54, 1.807) is 7.11 Å². The molecule has 0 bridgehead atoms. The molecule has 0 radical (unpaired) electrons. The van der Waals surface area contributed by atoms with Gasteiger partial charge in [-0.1, -0.05) is 19.9 Å². The fourth-order valence-corrected chi connectivity index (χ4v) is 2.00. The van der Waals surface area contributed by atoms with Gasteiger partial charge in [0, 0.05) is 5.92 Å². The number of nitrogens with one attached hydrogen (secondary N) is 1. The van der Waals surface area contributed by atoms with Crippen molar-refractivity contribution in [2.24, 2.45) is 5.73 Å². The molecule has 1 aromatic heterocycles. The number of ether oxygens (including phenoxy) is 2. The zero-order valence-corrected chi connectivity index (χ0v) is 12.9. The van der Waals surface area contributed by atoms with E-state index in [0.717, 1.165) is 11.4 Å². The van der Waals surface area contributed by atoms with Crippen molar-refractivity contribution in [1.29, 1.82) is 0 Å². The molecule has 1 atom stereocenters. The standard InChI is InChI=1S/C15H22N4O2/c1-5-21-11-7-6-10(8-12(11)20-4)13(16)15-17-14(9(2)3)18-19-15/h6-9,13H,5,16H2,1-4H3,(H,17,18,19)/t13-/m0/s1. The van der Waals surface area contributed by atoms with Crippen LogP contribution in [-0.4, -0.2) is 28.9 Å². The number of rotatable bonds is 6. The van der Waals surface area contributed by atoms with Crippen molar-refractivity contribution in [3.63, 3.8) is 0 Å². The van der Waals surface area contributed by atoms with Crippen LogP contribution in [0.3, 0.4) is 0 Å². The van der Waals surface area contributed by atoms with Crippen molar-refractivity contribution in [2.45, 2.75) is 32.7 Å². The third kappa shape index (κ3) is 3.33. The molecule has 2 aromatic rings. The molecular weight excluding hydrogens is 268 g/mol. The minimum atomic E-state index is -0.380. The Kier molecular flexibility index (Phi) is 4.80. The van der Waals surface area contributed by atoms with Crippen molar-refractivity contribution in [3.05, 3.63) is 35.4 Å². The lowest BCUT2D eigenvalue weighted by atomic mass is 10.1. The molecule has 0 spiro atoms. The van der Waals surface area contributed by atoms with Gasteiger partial charge in [-0.2, -0.15) is 5.10 Å². The summed E-state index contributed by atoms with van der Waals surface area (Å²) in [6.07, 6.45) is 0. The van der Waals surface area contributed by atoms with Gasteiger partial charge >= 0.3 is 0 Å². The van der Waals surface area contributed by atoms with Gasteiger partial charge in [-0.15, -0.1) is 0 Å². The number of nitrogens with zero attached hydrogens (tertiary/aromatic N) is 2. The number of aromatic amines is 1. The van der Waals surface area contributed by atoms with E-state index in [-0.39, 0.29) is 12.0 Å². The van der Waals surface area contributed by atoms with E-state index in [1.807, 2.05) is 39.0 Å². The first-order chi connectivity index (χ1) is 10.1. The quantitative estimate of drug-likeness (QED) is 0.853. The minimum absolute atomic E-state index is 0.261. The Bertz CT molecular complexity index is 595. The zero-order valence-electron chi connectivity index (χ0n) is 12.9. The average molecular weight is 290 g/mol. The maximum atomic E-state index is 6.25. The van der Waals surface area contributed by atoms with Gasteiger partial charge in [0.2, 0.25) is 0 Å². The molecular formula is C15H22N4O2. The first-order valence-electron chi connectivity index (χ1n) is 7.05. The molecule has 21 heavy (non-hydrogen) atoms. The summed E-state index contributed by atoms with van der Waals surface area (Å²) >= 11 is 0. The Hall–Kier alpha value is -2.08. The van der Waals surface area contributed by atoms with E-state index in [9.17, 15) is 0 Å². The maximum absolute atomic E-state index is 6.25. The van der Waals surface area contributed by atoms with Gasteiger partial charge in [-0.25, -0.2) is 4.98 Å². The average Bonchev–Trinajstić information content (AvgIpc) is 2.97. The van der Waals surface area contributed by atoms with E-state index in [1.165, 1.54) is 0 Å². The predicted octanol–water partition coefficient (Wildman–Crippen LogP) is 2.38. The second-order valence-corrected chi connectivity index (χ2v) is 5.05. The number of hydrogen-bond acceptors (Lipinski definition) is 5. The minimum Gasteiger partial charge on any atom is -0.493 e. The fourth-order valence-electron chi connectivity index (χ4n) is 2.00. The summed E-state index contributed by atoms with van der Waals surface area (Å²) in [5.41, 5.74) is 7.14. The largest absolute Gasteiger partial charge is 0.493 e. The summed E-state index contributed by atoms with van der Waals surface area (Å²) in [4.78, 5) is 4.44. The Labute approximate surface area is 124 Å². The summed E-state index contributed by atoms with van der Waals surface area (Å²) in [6, 6.07) is 5.26. The van der Waals surface area contributed by atoms with Gasteiger partial charge < -0.3 is 15.2 Å². The van der Waals surface area contributed by atoms with E-state index in [0.29, 0.717) is 23.9 Å². The molecule has 3 N–H and O–H groups in total. The van der Waals surface area contributed by atoms with Crippen LogP contribution in [0, 0.1) is 0 Å². The second kappa shape index (κ2) is 6.58. The van der Waals surface area contributed by atoms with Gasteiger partial charge in [-0.05, 0) is 24.6 Å². The molecule has 0 saturated carbocycles. The monoisotopic (exact) mass is 290 g/mol. The zero-order chi connectivity index (χ0) is 15.4. The highest BCUT2D eigenvalue weighted by molar-refractivity contribution is 5.44. The number of methoxy groups -OCH3 is 1. The number of benzene rings is 1. The van der Waals surface area contributed by atoms with E-state index in [2.05, 4.69) is 15.2 Å². The molecule has 1 heterocycles. The molecule has 0 saturated heterocycles. The summed E-state index contributed by atoms with van der Waals surface area (Å²) in [7, 11) is 1.61. The van der Waals surface area contributed by atoms with Crippen LogP contribution in [0.5, 0.6) is 11.5 Å². The van der Waals surface area contributed by atoms with Crippen LogP contribution in [0.4, 0.5) is 0 Å². The molecule has 6 heteroatoms. The molecule has 0 unspecified atom stereocenters. The van der Waals surface area contributed by atoms with Crippen molar-refractivity contribution < 1.29 is 9.47 Å². The predicted molar refractivity (Wildman–Crippen MR) is 80.7 cm³/mol. The van der Waals surface area contributed by atoms with Gasteiger partial charge in [-0.3, -0.25) is 5.10 Å². The molecule has 114 valence electrons. The van der Waals surface area contributed by atoms with Crippen molar-refractivity contribution in [1.82, 2.24) is 15.2 Å². The highest BCUT2D eigenvalue weighted by Gasteiger charge is 2.17. The molecule has 0 aliphatic rings. The van der Waals surface area contributed by atoms with E-state index >= 15 is 0 Å². The summed E-state index contributed by atoms with van der Waals surface area (Å²) < 4.78 is 10.8. The normalized spacial score (nSPS) is 12.5. The second-order valence-electron chi connectivity index (χ2n) is 5.05. The van der Waals surface area contributed by atoms with Gasteiger partial charge in [0.15, 0.2) is 17.3 Å². The van der Waals surface area contributed by atoms with Crippen LogP contribution in [0.25, 0.3) is 0 Å². The molecule has 6 nitrogen and oxygen atoms in total. The van der Waals surface area contributed by atoms with E-state index in [4.69, 9.17) is 15.2 Å². The lowest BCUT2D eigenvalue weighted by molar-refractivity contribution is 0.310. The molecule has 2 rings (SSSR count). The molecule has 0 aliphatic carbocycles. The Morgan fingerprint density at radius 3 is 2.62 bits per heavy atom. The highest BCUT2D eigenvalue weighted by Crippen LogP contribution is 2.31. The molecule has 0 aliphatic heterocycles. The van der Waals surface area contributed by atoms with Gasteiger partial charge in [0.25, 0.3) is 0 Å². The maximum Gasteiger partial charge on any atom is 0.161 e. The fraction of sp³-hybridized carbons (Fsp3) is 0.467. The summed E-state index contributed by atoms with van der Waals surface area (Å²) in [5.74, 6) is 3.03. The van der Waals surface area contributed by atoms with Crippen LogP contribution >= 0.6 is 0 Å². The van der Waals surface area contributed by atoms with Crippen LogP contribution in [0.2, 0.25) is 0 Å². The first kappa shape index (κ1) is 15.3. The Balaban J connectivity index is 2.27. The number of aromatic nitrogens is 3. The SMILES string of the molecule is CCOc1ccc([C@H](N)c2nc(C(C)C)n[nH]2)cc1OC. The van der Waals surface area contributed by atoms with Crippen molar-refractivity contribution >= 4 is 0 Å². The van der Waals surface area contributed by atoms with Crippen LogP contribution in [0.15, 0.2) is 18.2 Å². The topological polar surface area (TPSA) is 86.0 Å². The lowest BCUT2D eigenvalue weighted by Gasteiger charge is -2.13. The van der Waals surface area contributed by atoms with Crippen LogP contribution in [0.1, 0.15) is 49.9 Å². The molecule has 0 amide bonds. The summed E-state index contributed by atoms with van der Waals surface area (Å²) in [5, 5.41) is 7.08. The Morgan fingerprint density at radius 1 is 1.29 bits per heavy atom. The first-order valence-corrected chi connectivity index (χ1v) is 7.05. The van der Waals surface area contributed by atoms with Gasteiger partial charge in [0.1, 0.15) is 5.82 Å².